The number of aliphatic imine (C=N–C) groups is 1. The van der Waals surface area contributed by atoms with Crippen LogP contribution in [0.4, 0.5) is 17.5 Å². The van der Waals surface area contributed by atoms with Crippen LogP contribution < -0.4 is 16.2 Å². The molecule has 1 aromatic heterocycles. The summed E-state index contributed by atoms with van der Waals surface area (Å²) in [6.07, 6.45) is 1.43. The zero-order valence-electron chi connectivity index (χ0n) is 13.3. The minimum atomic E-state index is -0.320. The van der Waals surface area contributed by atoms with Gasteiger partial charge in [-0.2, -0.15) is 4.98 Å². The van der Waals surface area contributed by atoms with Crippen molar-refractivity contribution in [2.24, 2.45) is 4.99 Å². The number of aromatic nitrogens is 2. The lowest BCUT2D eigenvalue weighted by atomic mass is 10.2. The van der Waals surface area contributed by atoms with Gasteiger partial charge in [0, 0.05) is 24.3 Å². The van der Waals surface area contributed by atoms with Crippen LogP contribution in [-0.2, 0) is 4.74 Å². The SMILES string of the molecule is Cc1cc(Cl)ccc1N=Cc1c(N)nc(N2CCOCC2)[nH]c1=O. The van der Waals surface area contributed by atoms with Crippen molar-refractivity contribution >= 4 is 35.3 Å². The van der Waals surface area contributed by atoms with Gasteiger partial charge >= 0.3 is 0 Å². The second-order valence-electron chi connectivity index (χ2n) is 5.48. The van der Waals surface area contributed by atoms with Crippen molar-refractivity contribution < 1.29 is 4.74 Å². The summed E-state index contributed by atoms with van der Waals surface area (Å²) < 4.78 is 5.29. The monoisotopic (exact) mass is 347 g/mol. The number of morpholine rings is 1. The second kappa shape index (κ2) is 7.02. The highest BCUT2D eigenvalue weighted by Gasteiger charge is 2.16. The molecular weight excluding hydrogens is 330 g/mol. The van der Waals surface area contributed by atoms with E-state index in [9.17, 15) is 4.79 Å². The summed E-state index contributed by atoms with van der Waals surface area (Å²) in [4.78, 5) is 25.6. The third kappa shape index (κ3) is 3.58. The predicted octanol–water partition coefficient (Wildman–Crippen LogP) is 1.90. The summed E-state index contributed by atoms with van der Waals surface area (Å²) in [6.45, 7) is 4.43. The van der Waals surface area contributed by atoms with E-state index in [1.165, 1.54) is 6.21 Å². The number of hydrogen-bond acceptors (Lipinski definition) is 6. The lowest BCUT2D eigenvalue weighted by Gasteiger charge is -2.27. The largest absolute Gasteiger partial charge is 0.383 e. The summed E-state index contributed by atoms with van der Waals surface area (Å²) in [5.41, 5.74) is 7.50. The number of hydrogen-bond donors (Lipinski definition) is 2. The molecule has 0 amide bonds. The van der Waals surface area contributed by atoms with E-state index in [2.05, 4.69) is 15.0 Å². The third-order valence-corrected chi connectivity index (χ3v) is 4.01. The molecule has 3 N–H and O–H groups in total. The maximum absolute atomic E-state index is 12.3. The summed E-state index contributed by atoms with van der Waals surface area (Å²) in [5, 5.41) is 0.639. The number of nitrogens with two attached hydrogens (primary N) is 1. The Morgan fingerprint density at radius 2 is 2.17 bits per heavy atom. The molecule has 1 fully saturated rings. The van der Waals surface area contributed by atoms with E-state index >= 15 is 0 Å². The standard InChI is InChI=1S/C16H18ClN5O2/c1-10-8-11(17)2-3-13(10)19-9-12-14(18)20-16(21-15(12)23)22-4-6-24-7-5-22/h2-3,8-9H,4-7H2,1H3,(H3,18,20,21,23). The Labute approximate surface area is 144 Å². The van der Waals surface area contributed by atoms with Gasteiger partial charge in [-0.3, -0.25) is 14.8 Å². The molecule has 1 aliphatic heterocycles. The third-order valence-electron chi connectivity index (χ3n) is 3.77. The van der Waals surface area contributed by atoms with Gasteiger partial charge in [-0.25, -0.2) is 0 Å². The van der Waals surface area contributed by atoms with Gasteiger partial charge in [-0.05, 0) is 30.7 Å². The van der Waals surface area contributed by atoms with Crippen molar-refractivity contribution in [1.29, 1.82) is 0 Å². The van der Waals surface area contributed by atoms with Crippen LogP contribution in [-0.4, -0.2) is 42.5 Å². The Hall–Kier alpha value is -2.38. The van der Waals surface area contributed by atoms with E-state index in [1.807, 2.05) is 17.9 Å². The molecule has 0 atom stereocenters. The lowest BCUT2D eigenvalue weighted by molar-refractivity contribution is 0.122. The van der Waals surface area contributed by atoms with Crippen molar-refractivity contribution in [2.45, 2.75) is 6.92 Å². The molecule has 7 nitrogen and oxygen atoms in total. The molecule has 0 aliphatic carbocycles. The molecule has 2 heterocycles. The van der Waals surface area contributed by atoms with Crippen molar-refractivity contribution in [2.75, 3.05) is 36.9 Å². The summed E-state index contributed by atoms with van der Waals surface area (Å²) in [7, 11) is 0. The first-order chi connectivity index (χ1) is 11.5. The molecule has 0 spiro atoms. The number of nitrogens with one attached hydrogen (secondary N) is 1. The summed E-state index contributed by atoms with van der Waals surface area (Å²) in [6, 6.07) is 5.34. The molecule has 1 aromatic carbocycles. The number of halogens is 1. The molecule has 0 bridgehead atoms. The van der Waals surface area contributed by atoms with E-state index in [0.29, 0.717) is 37.3 Å². The smallest absolute Gasteiger partial charge is 0.263 e. The zero-order valence-corrected chi connectivity index (χ0v) is 14.0. The molecule has 0 saturated carbocycles. The van der Waals surface area contributed by atoms with Gasteiger partial charge in [-0.15, -0.1) is 0 Å². The zero-order chi connectivity index (χ0) is 17.1. The van der Waals surface area contributed by atoms with Gasteiger partial charge in [0.1, 0.15) is 11.4 Å². The number of benzene rings is 1. The van der Waals surface area contributed by atoms with Gasteiger partial charge in [0.25, 0.3) is 5.56 Å². The van der Waals surface area contributed by atoms with Crippen LogP contribution in [0, 0.1) is 6.92 Å². The van der Waals surface area contributed by atoms with Crippen LogP contribution in [0.2, 0.25) is 5.02 Å². The highest BCUT2D eigenvalue weighted by molar-refractivity contribution is 6.30. The Bertz CT molecular complexity index is 828. The average molecular weight is 348 g/mol. The van der Waals surface area contributed by atoms with E-state index in [0.717, 1.165) is 11.3 Å². The van der Waals surface area contributed by atoms with Crippen LogP contribution in [0.15, 0.2) is 28.0 Å². The van der Waals surface area contributed by atoms with E-state index in [-0.39, 0.29) is 16.9 Å². The summed E-state index contributed by atoms with van der Waals surface area (Å²) >= 11 is 5.93. The predicted molar refractivity (Wildman–Crippen MR) is 95.7 cm³/mol. The normalized spacial score (nSPS) is 15.2. The molecule has 3 rings (SSSR count). The first-order valence-electron chi connectivity index (χ1n) is 7.57. The van der Waals surface area contributed by atoms with Gasteiger partial charge in [0.05, 0.1) is 18.9 Å². The highest BCUT2D eigenvalue weighted by Crippen LogP contribution is 2.22. The Morgan fingerprint density at radius 1 is 1.42 bits per heavy atom. The molecule has 1 aliphatic rings. The van der Waals surface area contributed by atoms with Crippen molar-refractivity contribution in [3.8, 4) is 0 Å². The Morgan fingerprint density at radius 3 is 2.83 bits per heavy atom. The van der Waals surface area contributed by atoms with E-state index in [4.69, 9.17) is 22.1 Å². The number of aryl methyl sites for hydroxylation is 1. The van der Waals surface area contributed by atoms with Crippen molar-refractivity contribution in [1.82, 2.24) is 9.97 Å². The second-order valence-corrected chi connectivity index (χ2v) is 5.91. The molecule has 2 aromatic rings. The number of rotatable bonds is 3. The molecule has 24 heavy (non-hydrogen) atoms. The fourth-order valence-corrected chi connectivity index (χ4v) is 2.66. The van der Waals surface area contributed by atoms with Crippen LogP contribution in [0.1, 0.15) is 11.1 Å². The Balaban J connectivity index is 1.88. The van der Waals surface area contributed by atoms with Gasteiger partial charge in [-0.1, -0.05) is 11.6 Å². The molecule has 1 saturated heterocycles. The van der Waals surface area contributed by atoms with Gasteiger partial charge < -0.3 is 15.4 Å². The number of nitrogens with zero attached hydrogens (tertiary/aromatic N) is 3. The lowest BCUT2D eigenvalue weighted by Crippen LogP contribution is -2.38. The minimum absolute atomic E-state index is 0.149. The molecule has 0 radical (unpaired) electrons. The van der Waals surface area contributed by atoms with Crippen LogP contribution in [0.5, 0.6) is 0 Å². The number of anilines is 2. The van der Waals surface area contributed by atoms with Crippen LogP contribution in [0.25, 0.3) is 0 Å². The minimum Gasteiger partial charge on any atom is -0.383 e. The fourth-order valence-electron chi connectivity index (χ4n) is 2.43. The number of H-pyrrole nitrogens is 1. The number of ether oxygens (including phenoxy) is 1. The van der Waals surface area contributed by atoms with Crippen LogP contribution in [0.3, 0.4) is 0 Å². The van der Waals surface area contributed by atoms with Gasteiger partial charge in [0.2, 0.25) is 5.95 Å². The first kappa shape index (κ1) is 16.5. The maximum Gasteiger partial charge on any atom is 0.263 e. The number of nitrogen functional groups attached to an aromatic ring is 1. The molecule has 126 valence electrons. The number of aromatic amines is 1. The van der Waals surface area contributed by atoms with Crippen molar-refractivity contribution in [3.63, 3.8) is 0 Å². The van der Waals surface area contributed by atoms with Crippen LogP contribution >= 0.6 is 11.6 Å². The van der Waals surface area contributed by atoms with E-state index < -0.39 is 0 Å². The quantitative estimate of drug-likeness (QED) is 0.826. The average Bonchev–Trinajstić information content (AvgIpc) is 2.56. The van der Waals surface area contributed by atoms with E-state index in [1.54, 1.807) is 12.1 Å². The maximum atomic E-state index is 12.3. The highest BCUT2D eigenvalue weighted by atomic mass is 35.5. The van der Waals surface area contributed by atoms with Crippen molar-refractivity contribution in [3.05, 3.63) is 44.7 Å². The molecular formula is C16H18ClN5O2. The van der Waals surface area contributed by atoms with Gasteiger partial charge in [0.15, 0.2) is 0 Å². The topological polar surface area (TPSA) is 96.6 Å². The Kier molecular flexibility index (Phi) is 4.82. The first-order valence-corrected chi connectivity index (χ1v) is 7.95. The molecule has 8 heteroatoms. The molecule has 0 unspecified atom stereocenters. The fraction of sp³-hybridized carbons (Fsp3) is 0.312. The summed E-state index contributed by atoms with van der Waals surface area (Å²) in [5.74, 6) is 0.608.